The van der Waals surface area contributed by atoms with Gasteiger partial charge in [0.1, 0.15) is 43.0 Å². The number of nitrogens with one attached hydrogen (secondary N) is 8. The molecule has 1 heterocycles. The average Bonchev–Trinajstić information content (AvgIpc) is 0.748. The van der Waals surface area contributed by atoms with Gasteiger partial charge in [-0.25, -0.2) is 24.0 Å². The molecule has 102 heavy (non-hydrogen) atoms. The van der Waals surface area contributed by atoms with Gasteiger partial charge in [-0.2, -0.15) is 0 Å². The number of carbonyl (C=O) groups is 16. The van der Waals surface area contributed by atoms with E-state index in [1.165, 1.54) is 34.1 Å². The van der Waals surface area contributed by atoms with Crippen molar-refractivity contribution in [3.8, 4) is 0 Å². The van der Waals surface area contributed by atoms with Gasteiger partial charge in [0, 0.05) is 110 Å². The number of benzene rings is 1. The Hall–Kier alpha value is -9.47. The molecule has 0 unspecified atom stereocenters. The highest BCUT2D eigenvalue weighted by molar-refractivity contribution is 6.90. The third-order valence-electron chi connectivity index (χ3n) is 16.6. The molecule has 1 aliphatic rings. The van der Waals surface area contributed by atoms with Crippen molar-refractivity contribution in [2.24, 2.45) is 0 Å². The molecule has 1 aromatic rings. The maximum atomic E-state index is 17.1. The quantitative estimate of drug-likeness (QED) is 0.0150. The molecule has 2 rings (SSSR count). The summed E-state index contributed by atoms with van der Waals surface area (Å²) in [5, 5.41) is 94.7. The van der Waals surface area contributed by atoms with Gasteiger partial charge < -0.3 is 92.2 Å². The Morgan fingerprint density at radius 1 is 0.471 bits per heavy atom. The first-order valence-corrected chi connectivity index (χ1v) is 34.9. The summed E-state index contributed by atoms with van der Waals surface area (Å²) in [5.41, 5.74) is 0.0467. The van der Waals surface area contributed by atoms with Crippen molar-refractivity contribution >= 4 is 109 Å². The SMILES string of the molecule is CC(C)(C)[Si](F)(c1ccc(C(=O)NC[C@@H](NC(=O)CC[C@@H](C(=O)O)N2CCN(COC=O)CCN(CC(=O)O)CCN(CC(=O)O)CC2)C(=O)N[C@H](CCCCNC(=O)CCC(=O)NCCC[C@@H](NC(=O)CC[C@H](NC(=O)N[C@@H](CCC(=O)O)C(=O)O)C(=O)O)C(=O)O)C(=O)O)cc1)C(C)(C)C. The molecule has 1 saturated heterocycles. The molecular formula is C63H99FN12O25Si. The number of hydrogen-bond donors (Lipinski definition) is 16. The standard InChI is InChI=1S/C63H99FN12O25Si/c1-62(2,3)102(64,63(4,5)6)40-14-12-39(13-15-40)54(88)67-34-45(69-50(81)20-18-46(60(98)99)76-32-30-74(36-53(86)87)27-26-73(35-52(84)85)28-29-75(31-33-76)37-101-38-77)55(89)70-42(57(92)93)10-7-8-24-65-47(78)21-22-48(79)66-25-9-11-41(56(90)91)68-49(80)19-16-43(58(94)95)71-61(100)72-44(59(96)97)17-23-51(82)83/h12-15,38,41-46H,7-11,16-37H2,1-6H3,(H,65,78)(H,66,79)(H,67,88)(H,68,80)(H,69,81)(H,70,89)(H,82,83)(H,84,85)(H,86,87)(H,90,91)(H,92,93)(H,94,95)(H,96,97)(H,98,99)(H2,71,72,100)/t41-,42-,43+,44+,45-,46+/m1/s1. The number of ether oxygens (including phenoxy) is 1. The fraction of sp³-hybridized carbons (Fsp3) is 0.651. The Morgan fingerprint density at radius 2 is 0.892 bits per heavy atom. The lowest BCUT2D eigenvalue weighted by Gasteiger charge is -2.44. The van der Waals surface area contributed by atoms with E-state index in [-0.39, 0.29) is 136 Å². The van der Waals surface area contributed by atoms with Crippen molar-refractivity contribution in [2.75, 3.05) is 91.8 Å². The fourth-order valence-electron chi connectivity index (χ4n) is 11.3. The van der Waals surface area contributed by atoms with Crippen LogP contribution in [0.1, 0.15) is 135 Å². The van der Waals surface area contributed by atoms with Crippen molar-refractivity contribution in [1.29, 1.82) is 0 Å². The van der Waals surface area contributed by atoms with E-state index in [0.717, 1.165) is 0 Å². The van der Waals surface area contributed by atoms with E-state index in [9.17, 15) is 112 Å². The number of aliphatic carboxylic acids is 8. The van der Waals surface area contributed by atoms with E-state index in [1.807, 2.05) is 10.6 Å². The average molecular weight is 1470 g/mol. The van der Waals surface area contributed by atoms with Gasteiger partial charge in [0.05, 0.1) is 13.1 Å². The predicted octanol–water partition coefficient (Wildman–Crippen LogP) is -1.67. The molecule has 16 N–H and O–H groups in total. The van der Waals surface area contributed by atoms with Crippen LogP contribution < -0.4 is 47.7 Å². The molecule has 0 bridgehead atoms. The van der Waals surface area contributed by atoms with E-state index >= 15 is 4.11 Å². The van der Waals surface area contributed by atoms with Gasteiger partial charge in [-0.15, -0.1) is 0 Å². The number of carbonyl (C=O) groups excluding carboxylic acids is 8. The van der Waals surface area contributed by atoms with Gasteiger partial charge in [-0.05, 0) is 78.8 Å². The largest absolute Gasteiger partial charge is 0.481 e. The van der Waals surface area contributed by atoms with Crippen LogP contribution in [-0.4, -0.2) is 293 Å². The molecule has 0 aliphatic carbocycles. The molecule has 6 atom stereocenters. The first-order chi connectivity index (χ1) is 47.7. The molecule has 1 fully saturated rings. The van der Waals surface area contributed by atoms with Gasteiger partial charge in [0.2, 0.25) is 29.5 Å². The molecule has 572 valence electrons. The Bertz CT molecular complexity index is 3050. The second-order valence-electron chi connectivity index (χ2n) is 26.4. The summed E-state index contributed by atoms with van der Waals surface area (Å²) in [6.45, 7) is 9.55. The number of rotatable bonds is 44. The van der Waals surface area contributed by atoms with Crippen LogP contribution in [0.2, 0.25) is 10.1 Å². The van der Waals surface area contributed by atoms with E-state index in [1.54, 1.807) is 51.3 Å². The number of carboxylic acid groups (broad SMARTS) is 8. The molecule has 0 spiro atoms. The number of hydrogen-bond acceptors (Lipinski definition) is 21. The predicted molar refractivity (Wildman–Crippen MR) is 359 cm³/mol. The Balaban J connectivity index is 2.15. The normalized spacial score (nSPS) is 15.6. The first-order valence-electron chi connectivity index (χ1n) is 33.0. The highest BCUT2D eigenvalue weighted by atomic mass is 28.4. The molecule has 39 heteroatoms. The van der Waals surface area contributed by atoms with Crippen LogP contribution in [0.15, 0.2) is 24.3 Å². The number of nitrogens with zero attached hydrogens (tertiary/aromatic N) is 4. The Morgan fingerprint density at radius 3 is 1.35 bits per heavy atom. The van der Waals surface area contributed by atoms with Crippen LogP contribution in [0.5, 0.6) is 0 Å². The Labute approximate surface area is 588 Å². The molecule has 1 aromatic carbocycles. The zero-order valence-electron chi connectivity index (χ0n) is 58.1. The number of halogens is 1. The van der Waals surface area contributed by atoms with E-state index in [4.69, 9.17) is 9.84 Å². The molecule has 0 aromatic heterocycles. The number of carboxylic acids is 8. The van der Waals surface area contributed by atoms with Gasteiger partial charge in [-0.1, -0.05) is 53.7 Å². The minimum Gasteiger partial charge on any atom is -0.481 e. The van der Waals surface area contributed by atoms with Crippen LogP contribution in [-0.2, 0) is 71.9 Å². The zero-order chi connectivity index (χ0) is 77.1. The lowest BCUT2D eigenvalue weighted by Crippen LogP contribution is -2.58. The summed E-state index contributed by atoms with van der Waals surface area (Å²) >= 11 is 0. The fourth-order valence-corrected chi connectivity index (χ4v) is 15.9. The monoisotopic (exact) mass is 1470 g/mol. The maximum Gasteiger partial charge on any atom is 0.326 e. The van der Waals surface area contributed by atoms with Crippen molar-refractivity contribution < 1.29 is 126 Å². The molecule has 0 saturated carbocycles. The lowest BCUT2D eigenvalue weighted by molar-refractivity contribution is -0.145. The summed E-state index contributed by atoms with van der Waals surface area (Å²) in [6.07, 6.45) is -4.15. The molecule has 1 aliphatic heterocycles. The molecule has 37 nitrogen and oxygen atoms in total. The number of amides is 8. The van der Waals surface area contributed by atoms with Gasteiger partial charge >= 0.3 is 53.8 Å². The zero-order valence-corrected chi connectivity index (χ0v) is 59.1. The second kappa shape index (κ2) is 44.0. The molecule has 0 radical (unpaired) electrons. The number of unbranched alkanes of at least 4 members (excludes halogenated alkanes) is 1. The van der Waals surface area contributed by atoms with Gasteiger partial charge in [-0.3, -0.25) is 72.3 Å². The summed E-state index contributed by atoms with van der Waals surface area (Å²) in [7, 11) is -3.77. The van der Waals surface area contributed by atoms with Crippen LogP contribution in [0, 0.1) is 0 Å². The first kappa shape index (κ1) is 88.6. The third-order valence-corrected chi connectivity index (χ3v) is 21.9. The van der Waals surface area contributed by atoms with Crippen LogP contribution >= 0.6 is 0 Å². The summed E-state index contributed by atoms with van der Waals surface area (Å²) in [4.78, 5) is 204. The summed E-state index contributed by atoms with van der Waals surface area (Å²) in [5.74, 6) is -16.2. The van der Waals surface area contributed by atoms with Crippen molar-refractivity contribution in [1.82, 2.24) is 62.1 Å². The van der Waals surface area contributed by atoms with Crippen molar-refractivity contribution in [3.05, 3.63) is 29.8 Å². The molecular weight excluding hydrogens is 1370 g/mol. The number of urea groups is 1. The van der Waals surface area contributed by atoms with E-state index in [2.05, 4.69) is 31.9 Å². The second-order valence-corrected chi connectivity index (χ2v) is 31.3. The van der Waals surface area contributed by atoms with Crippen molar-refractivity contribution in [2.45, 2.75) is 171 Å². The minimum absolute atomic E-state index is 0.000994. The highest BCUT2D eigenvalue weighted by Gasteiger charge is 2.56. The van der Waals surface area contributed by atoms with E-state index < -0.39 is 196 Å². The van der Waals surface area contributed by atoms with Crippen molar-refractivity contribution in [3.63, 3.8) is 0 Å². The summed E-state index contributed by atoms with van der Waals surface area (Å²) < 4.78 is 22.1. The van der Waals surface area contributed by atoms with Gasteiger partial charge in [0.25, 0.3) is 20.8 Å². The topological polar surface area (TPSA) is 553 Å². The minimum atomic E-state index is -3.77. The van der Waals surface area contributed by atoms with Crippen LogP contribution in [0.3, 0.4) is 0 Å². The van der Waals surface area contributed by atoms with Crippen LogP contribution in [0.25, 0.3) is 0 Å². The lowest BCUT2D eigenvalue weighted by atomic mass is 10.1. The van der Waals surface area contributed by atoms with Gasteiger partial charge in [0.15, 0.2) is 0 Å². The highest BCUT2D eigenvalue weighted by Crippen LogP contribution is 2.51. The maximum absolute atomic E-state index is 17.1. The smallest absolute Gasteiger partial charge is 0.326 e. The molecule has 8 amide bonds. The Kier molecular flexibility index (Phi) is 38.2. The summed E-state index contributed by atoms with van der Waals surface area (Å²) in [6, 6.07) is -5.08. The third kappa shape index (κ3) is 32.9. The van der Waals surface area contributed by atoms with Crippen LogP contribution in [0.4, 0.5) is 8.90 Å². The van der Waals surface area contributed by atoms with E-state index in [0.29, 0.717) is 5.19 Å².